The number of nitrogens with one attached hydrogen (secondary N) is 4. The fraction of sp³-hybridized carbons (Fsp3) is 0.213. The second-order valence-corrected chi connectivity index (χ2v) is 30.8. The molecule has 1 aliphatic rings. The van der Waals surface area contributed by atoms with E-state index in [0.717, 1.165) is 86.8 Å². The summed E-state index contributed by atoms with van der Waals surface area (Å²) in [4.78, 5) is 113. The zero-order valence-corrected chi connectivity index (χ0v) is 72.3. The van der Waals surface area contributed by atoms with E-state index in [9.17, 15) is 69.5 Å². The van der Waals surface area contributed by atoms with E-state index >= 15 is 0 Å². The molecule has 8 aromatic carbocycles. The lowest BCUT2D eigenvalue weighted by Gasteiger charge is -2.12. The molecule has 20 N–H and O–H groups in total. The largest absolute Gasteiger partial charge is 0.473 e. The molecule has 1 fully saturated rings. The number of hydrogen-bond acceptors (Lipinski definition) is 20. The summed E-state index contributed by atoms with van der Waals surface area (Å²) in [6.45, 7) is 11.7. The van der Waals surface area contributed by atoms with Gasteiger partial charge in [0.2, 0.25) is 0 Å². The minimum Gasteiger partial charge on any atom is -0.383 e. The predicted molar refractivity (Wildman–Crippen MR) is 482 cm³/mol. The summed E-state index contributed by atoms with van der Waals surface area (Å²) >= 11 is 0. The number of hydrogen-bond donors (Lipinski definition) is 12. The highest BCUT2D eigenvalue weighted by Gasteiger charge is 2.43. The molecule has 5 aromatic heterocycles. The van der Waals surface area contributed by atoms with E-state index in [2.05, 4.69) is 48.5 Å². The van der Waals surface area contributed by atoms with Gasteiger partial charge < -0.3 is 76.6 Å². The summed E-state index contributed by atoms with van der Waals surface area (Å²) in [6.07, 6.45) is -5.77. The molecule has 0 radical (unpaired) electrons. The average Bonchev–Trinajstić information content (AvgIpc) is 1.64. The Morgan fingerprint density at radius 3 is 1.13 bits per heavy atom. The van der Waals surface area contributed by atoms with Gasteiger partial charge in [0.05, 0.1) is 24.8 Å². The predicted octanol–water partition coefficient (Wildman–Crippen LogP) is 12.5. The first-order valence-corrected chi connectivity index (χ1v) is 41.0. The quantitative estimate of drug-likeness (QED) is 0.0129. The van der Waals surface area contributed by atoms with Gasteiger partial charge in [-0.2, -0.15) is 56.1 Å². The lowest BCUT2D eigenvalue weighted by molar-refractivity contribution is -0.137. The summed E-state index contributed by atoms with van der Waals surface area (Å²) in [7, 11) is 1.53. The van der Waals surface area contributed by atoms with Crippen molar-refractivity contribution in [1.29, 1.82) is 0 Å². The number of pyridine rings is 1. The number of nitrogens with two attached hydrogens (primary N) is 8. The summed E-state index contributed by atoms with van der Waals surface area (Å²) in [5.74, 6) is -6.46. The van der Waals surface area contributed by atoms with Crippen molar-refractivity contribution in [3.05, 3.63) is 307 Å². The Bertz CT molecular complexity index is 6430. The Morgan fingerprint density at radius 1 is 0.432 bits per heavy atom. The molecule has 32 nitrogen and oxygen atoms in total. The zero-order valence-electron chi connectivity index (χ0n) is 72.3. The van der Waals surface area contributed by atoms with E-state index in [-0.39, 0.29) is 105 Å². The van der Waals surface area contributed by atoms with Gasteiger partial charge in [0.15, 0.2) is 5.82 Å². The van der Waals surface area contributed by atoms with Crippen LogP contribution in [-0.4, -0.2) is 124 Å². The molecule has 13 aromatic rings. The zero-order chi connectivity index (χ0) is 95.6. The molecule has 1 aliphatic carbocycles. The first-order valence-electron chi connectivity index (χ1n) is 41.0. The fourth-order valence-corrected chi connectivity index (χ4v) is 14.4. The number of primary amides is 4. The van der Waals surface area contributed by atoms with E-state index < -0.39 is 58.8 Å². The van der Waals surface area contributed by atoms with Crippen molar-refractivity contribution in [3.8, 4) is 50.8 Å². The van der Waals surface area contributed by atoms with Gasteiger partial charge in [0.1, 0.15) is 75.1 Å². The van der Waals surface area contributed by atoms with E-state index in [4.69, 9.17) is 60.4 Å². The van der Waals surface area contributed by atoms with Gasteiger partial charge in [-0.15, -0.1) is 0 Å². The lowest BCUT2D eigenvalue weighted by Crippen LogP contribution is -2.31. The van der Waals surface area contributed by atoms with Crippen molar-refractivity contribution >= 4 is 76.4 Å². The van der Waals surface area contributed by atoms with Gasteiger partial charge in [0.25, 0.3) is 47.3 Å². The number of rotatable bonds is 27. The van der Waals surface area contributed by atoms with E-state index in [0.29, 0.717) is 88.3 Å². The van der Waals surface area contributed by atoms with Crippen LogP contribution in [0.3, 0.4) is 0 Å². The normalized spacial score (nSPS) is 12.8. The number of alkyl halides is 6. The maximum atomic E-state index is 13.1. The van der Waals surface area contributed by atoms with Crippen LogP contribution >= 0.6 is 0 Å². The summed E-state index contributed by atoms with van der Waals surface area (Å²) in [6, 6.07) is 58.7. The molecule has 1 saturated carbocycles. The summed E-state index contributed by atoms with van der Waals surface area (Å²) in [5.41, 5.74) is 56.9. The van der Waals surface area contributed by atoms with Crippen LogP contribution in [0.15, 0.2) is 212 Å². The number of halogens is 6. The number of methoxy groups -OCH3 is 1. The molecule has 0 aliphatic heterocycles. The molecule has 2 atom stereocenters. The summed E-state index contributed by atoms with van der Waals surface area (Å²) < 4.78 is 92.0. The standard InChI is InChI=1S/C25H21F3N6O2.C25H29N5O2.C23H27N5O4.C21H18F3N5O3/c1-14-4-2-3-5-18(14)24(36)32-13-15-6-8-16(9-7-15)21-20(23(30)35)22(29)34(33-21)19-12-17(10-11-31-19)25(26,27)28;1-15-7-12-19(13-15)30-23(26)21(24(27)31)22(29-30)18-10-8-17(9-11-18)14-28-25(32)20-6-4-3-5-16(20)2;1-15-5-3-4-6-18(15)23(30)26-13-16-7-9-17(10-8-16)20-19(22(25)29)21(24)28(27-20)11-12-32-14-31-2;1-11-4-2-3-5-14(11)19(31)27-10-12-6-8-13(9-7-12)16-15(18(26)30)17(25)29(28-16)20(32)21(22,23)24/h2-12H,13,29H2,1H3,(H2,30,35)(H,32,36);3-6,8-11,15,19H,7,12-14,26H2,1-2H3,(H2,27,31)(H,28,32);3-10H,11-14,24H2,1-2H3,(H2,25,29)(H,26,30);2-9H,10,25H2,1H3,(H2,26,30)(H,27,31). The molecule has 8 amide bonds. The van der Waals surface area contributed by atoms with Crippen molar-refractivity contribution in [2.45, 2.75) is 105 Å². The van der Waals surface area contributed by atoms with Crippen molar-refractivity contribution in [3.63, 3.8) is 0 Å². The molecular formula is C94H95F6N21O11. The number of anilines is 4. The summed E-state index contributed by atoms with van der Waals surface area (Å²) in [5, 5.41) is 28.4. The van der Waals surface area contributed by atoms with Gasteiger partial charge in [-0.3, -0.25) is 43.2 Å². The molecule has 0 spiro atoms. The average molecular weight is 1810 g/mol. The fourth-order valence-electron chi connectivity index (χ4n) is 14.4. The number of benzene rings is 8. The van der Waals surface area contributed by atoms with Crippen molar-refractivity contribution < 1.29 is 79.0 Å². The van der Waals surface area contributed by atoms with Crippen LogP contribution in [0.25, 0.3) is 50.8 Å². The molecule has 38 heteroatoms. The minimum atomic E-state index is -5.24. The number of ether oxygens (including phenoxy) is 2. The smallest absolute Gasteiger partial charge is 0.383 e. The number of carbonyl (C=O) groups is 9. The number of aromatic nitrogens is 9. The monoisotopic (exact) mass is 1810 g/mol. The molecule has 5 heterocycles. The van der Waals surface area contributed by atoms with E-state index in [1.54, 1.807) is 71.4 Å². The van der Waals surface area contributed by atoms with Crippen LogP contribution in [-0.2, 0) is 48.4 Å². The second-order valence-electron chi connectivity index (χ2n) is 30.8. The number of amides is 8. The Kier molecular flexibility index (Phi) is 31.2. The van der Waals surface area contributed by atoms with Crippen LogP contribution in [0.2, 0.25) is 0 Å². The number of carbonyl (C=O) groups excluding carboxylic acids is 9. The number of nitrogens with zero attached hydrogens (tertiary/aromatic N) is 9. The van der Waals surface area contributed by atoms with Gasteiger partial charge in [-0.05, 0) is 134 Å². The molecule has 684 valence electrons. The maximum Gasteiger partial charge on any atom is 0.473 e. The minimum absolute atomic E-state index is 0.0915. The topological polar surface area (TPSA) is 513 Å². The molecular weight excluding hydrogens is 1710 g/mol. The molecule has 0 bridgehead atoms. The van der Waals surface area contributed by atoms with Crippen molar-refractivity contribution in [1.82, 2.24) is 65.4 Å². The molecule has 0 saturated heterocycles. The van der Waals surface area contributed by atoms with Crippen molar-refractivity contribution in [2.24, 2.45) is 28.9 Å². The van der Waals surface area contributed by atoms with Crippen LogP contribution in [0.5, 0.6) is 0 Å². The Hall–Kier alpha value is -16.1. The third-order valence-corrected chi connectivity index (χ3v) is 21.4. The molecule has 14 rings (SSSR count). The highest BCUT2D eigenvalue weighted by Crippen LogP contribution is 2.40. The highest BCUT2D eigenvalue weighted by atomic mass is 19.4. The number of nitrogen functional groups attached to an aromatic ring is 4. The second kappa shape index (κ2) is 42.7. The number of aryl methyl sites for hydroxylation is 4. The highest BCUT2D eigenvalue weighted by molar-refractivity contribution is 6.07. The van der Waals surface area contributed by atoms with Crippen molar-refractivity contribution in [2.75, 3.05) is 43.4 Å². The van der Waals surface area contributed by atoms with Gasteiger partial charge in [-0.25, -0.2) is 14.3 Å². The Balaban J connectivity index is 0.000000170. The Morgan fingerprint density at radius 2 is 0.780 bits per heavy atom. The first kappa shape index (κ1) is 96.5. The SMILES string of the molecule is COCOCCn1nc(-c2ccc(CNC(=O)c3ccccc3C)cc2)c(C(N)=O)c1N.Cc1ccccc1C(=O)NCc1ccc(-c2nn(-c3cc(C(F)(F)F)ccn3)c(N)c2C(N)=O)cc1.Cc1ccccc1C(=O)NCc1ccc(-c2nn(C(=O)C(F)(F)F)c(N)c2C(N)=O)cc1.Cc1ccccc1C(=O)NCc1ccc(-c2nn(C3CCC(C)C3)c(N)c2C(N)=O)cc1. The molecule has 132 heavy (non-hydrogen) atoms. The molecule has 2 unspecified atom stereocenters. The van der Waals surface area contributed by atoms with Crippen LogP contribution < -0.4 is 67.1 Å². The van der Waals surface area contributed by atoms with E-state index in [1.165, 1.54) is 23.9 Å². The first-order chi connectivity index (χ1) is 62.8. The lowest BCUT2D eigenvalue weighted by atomic mass is 10.0. The van der Waals surface area contributed by atoms with E-state index in [1.807, 2.05) is 143 Å². The van der Waals surface area contributed by atoms with Crippen LogP contribution in [0.4, 0.5) is 49.6 Å². The van der Waals surface area contributed by atoms with Crippen LogP contribution in [0.1, 0.15) is 170 Å². The maximum absolute atomic E-state index is 13.1. The van der Waals surface area contributed by atoms with Gasteiger partial charge in [-0.1, -0.05) is 177 Å². The van der Waals surface area contributed by atoms with Crippen LogP contribution in [0, 0.1) is 33.6 Å². The Labute approximate surface area is 752 Å². The third kappa shape index (κ3) is 23.4. The van der Waals surface area contributed by atoms with Gasteiger partial charge >= 0.3 is 18.3 Å². The van der Waals surface area contributed by atoms with Gasteiger partial charge in [0, 0.05) is 84.0 Å². The third-order valence-electron chi connectivity index (χ3n) is 21.4.